The van der Waals surface area contributed by atoms with Crippen molar-refractivity contribution in [3.8, 4) is 0 Å². The highest BCUT2D eigenvalue weighted by molar-refractivity contribution is 6.30. The van der Waals surface area contributed by atoms with E-state index in [1.165, 1.54) is 12.1 Å². The lowest BCUT2D eigenvalue weighted by Gasteiger charge is -2.08. The van der Waals surface area contributed by atoms with Crippen LogP contribution < -0.4 is 0 Å². The minimum Gasteiger partial charge on any atom is -0.288 e. The molecule has 0 unspecified atom stereocenters. The maximum atomic E-state index is 12.2. The van der Waals surface area contributed by atoms with Crippen molar-refractivity contribution < 1.29 is 13.6 Å². The number of hydrogen-bond acceptors (Lipinski definition) is 1. The number of Topliss-reactive ketones (excluding diaryl/α,β-unsaturated/α-hetero) is 1. The molecule has 0 spiro atoms. The number of ketones is 1. The molecule has 0 aliphatic rings. The van der Waals surface area contributed by atoms with Crippen molar-refractivity contribution in [2.45, 2.75) is 20.3 Å². The average molecular weight is 219 g/mol. The van der Waals surface area contributed by atoms with E-state index in [1.54, 1.807) is 13.8 Å². The number of carbonyl (C=O) groups excluding carboxylic acids is 1. The molecule has 1 aromatic rings. The molecule has 4 heteroatoms. The van der Waals surface area contributed by atoms with Crippen LogP contribution in [0.3, 0.4) is 0 Å². The number of alkyl halides is 2. The predicted molar refractivity (Wildman–Crippen MR) is 51.3 cm³/mol. The van der Waals surface area contributed by atoms with Gasteiger partial charge in [0.25, 0.3) is 0 Å². The van der Waals surface area contributed by atoms with E-state index in [2.05, 4.69) is 0 Å². The summed E-state index contributed by atoms with van der Waals surface area (Å²) in [5, 5.41) is 0.450. The van der Waals surface area contributed by atoms with Gasteiger partial charge >= 0.3 is 6.43 Å². The normalized spacial score (nSPS) is 10.7. The zero-order chi connectivity index (χ0) is 10.9. The Morgan fingerprint density at radius 1 is 1.29 bits per heavy atom. The van der Waals surface area contributed by atoms with Gasteiger partial charge in [0, 0.05) is 10.6 Å². The molecule has 0 N–H and O–H groups in total. The summed E-state index contributed by atoms with van der Waals surface area (Å²) in [5.41, 5.74) is 1.05. The summed E-state index contributed by atoms with van der Waals surface area (Å²) in [7, 11) is 0. The van der Waals surface area contributed by atoms with Crippen molar-refractivity contribution in [3.63, 3.8) is 0 Å². The Hall–Kier alpha value is -0.960. The molecule has 0 bridgehead atoms. The molecule has 0 atom stereocenters. The lowest BCUT2D eigenvalue weighted by Crippen LogP contribution is -2.13. The van der Waals surface area contributed by atoms with E-state index < -0.39 is 12.2 Å². The quantitative estimate of drug-likeness (QED) is 0.696. The zero-order valence-corrected chi connectivity index (χ0v) is 8.53. The van der Waals surface area contributed by atoms with E-state index in [1.807, 2.05) is 0 Å². The number of carbonyl (C=O) groups is 1. The standard InChI is InChI=1S/C10H9ClF2O/c1-5-3-7(11)4-6(2)8(5)9(14)10(12)13/h3-4,10H,1-2H3. The Labute approximate surface area is 85.7 Å². The first-order chi connectivity index (χ1) is 6.43. The maximum Gasteiger partial charge on any atom is 0.300 e. The Morgan fingerprint density at radius 3 is 2.07 bits per heavy atom. The molecule has 1 aromatic carbocycles. The molecule has 0 aromatic heterocycles. The molecule has 0 amide bonds. The third-order valence-electron chi connectivity index (χ3n) is 1.94. The van der Waals surface area contributed by atoms with Gasteiger partial charge in [0.1, 0.15) is 0 Å². The lowest BCUT2D eigenvalue weighted by atomic mass is 9.99. The monoisotopic (exact) mass is 218 g/mol. The van der Waals surface area contributed by atoms with Gasteiger partial charge in [0.05, 0.1) is 0 Å². The maximum absolute atomic E-state index is 12.2. The fraction of sp³-hybridized carbons (Fsp3) is 0.300. The molecule has 1 nitrogen and oxygen atoms in total. The summed E-state index contributed by atoms with van der Waals surface area (Å²) in [6.07, 6.45) is -2.96. The molecule has 76 valence electrons. The first-order valence-electron chi connectivity index (χ1n) is 4.02. The van der Waals surface area contributed by atoms with Gasteiger partial charge in [-0.05, 0) is 37.1 Å². The van der Waals surface area contributed by atoms with Crippen molar-refractivity contribution >= 4 is 17.4 Å². The van der Waals surface area contributed by atoms with Gasteiger partial charge in [-0.25, -0.2) is 8.78 Å². The second kappa shape index (κ2) is 4.05. The zero-order valence-electron chi connectivity index (χ0n) is 7.77. The number of aryl methyl sites for hydroxylation is 2. The highest BCUT2D eigenvalue weighted by atomic mass is 35.5. The molecular weight excluding hydrogens is 210 g/mol. The molecule has 0 radical (unpaired) electrons. The molecule has 0 heterocycles. The van der Waals surface area contributed by atoms with Crippen LogP contribution in [-0.4, -0.2) is 12.2 Å². The van der Waals surface area contributed by atoms with Gasteiger partial charge < -0.3 is 0 Å². The van der Waals surface area contributed by atoms with Crippen LogP contribution in [0.4, 0.5) is 8.78 Å². The summed E-state index contributed by atoms with van der Waals surface area (Å²) in [4.78, 5) is 11.1. The molecule has 14 heavy (non-hydrogen) atoms. The smallest absolute Gasteiger partial charge is 0.288 e. The molecule has 0 fully saturated rings. The fourth-order valence-corrected chi connectivity index (χ4v) is 1.74. The summed E-state index contributed by atoms with van der Waals surface area (Å²) < 4.78 is 24.4. The van der Waals surface area contributed by atoms with Crippen molar-refractivity contribution in [1.82, 2.24) is 0 Å². The summed E-state index contributed by atoms with van der Waals surface area (Å²) in [6, 6.07) is 3.01. The summed E-state index contributed by atoms with van der Waals surface area (Å²) in [5.74, 6) is -1.14. The topological polar surface area (TPSA) is 17.1 Å². The molecule has 0 saturated carbocycles. The van der Waals surface area contributed by atoms with E-state index >= 15 is 0 Å². The van der Waals surface area contributed by atoms with Crippen molar-refractivity contribution in [2.24, 2.45) is 0 Å². The van der Waals surface area contributed by atoms with Crippen LogP contribution in [0.15, 0.2) is 12.1 Å². The van der Waals surface area contributed by atoms with E-state index in [0.29, 0.717) is 16.1 Å². The van der Waals surface area contributed by atoms with Crippen molar-refractivity contribution in [1.29, 1.82) is 0 Å². The highest BCUT2D eigenvalue weighted by Gasteiger charge is 2.21. The summed E-state index contributed by atoms with van der Waals surface area (Å²) in [6.45, 7) is 3.18. The third-order valence-corrected chi connectivity index (χ3v) is 2.16. The van der Waals surface area contributed by atoms with Gasteiger partial charge in [-0.2, -0.15) is 0 Å². The number of halogens is 3. The predicted octanol–water partition coefficient (Wildman–Crippen LogP) is 3.40. The van der Waals surface area contributed by atoms with Crippen LogP contribution in [0.25, 0.3) is 0 Å². The number of hydrogen-bond donors (Lipinski definition) is 0. The van der Waals surface area contributed by atoms with Gasteiger partial charge in [-0.1, -0.05) is 11.6 Å². The van der Waals surface area contributed by atoms with E-state index in [9.17, 15) is 13.6 Å². The van der Waals surface area contributed by atoms with Crippen LogP contribution in [0.2, 0.25) is 5.02 Å². The first-order valence-corrected chi connectivity index (χ1v) is 4.40. The number of rotatable bonds is 2. The minimum atomic E-state index is -2.96. The van der Waals surface area contributed by atoms with E-state index in [4.69, 9.17) is 11.6 Å². The lowest BCUT2D eigenvalue weighted by molar-refractivity contribution is 0.0677. The summed E-state index contributed by atoms with van der Waals surface area (Å²) >= 11 is 5.71. The molecule has 0 aliphatic heterocycles. The molecule has 0 saturated heterocycles. The van der Waals surface area contributed by atoms with Crippen molar-refractivity contribution in [2.75, 3.05) is 0 Å². The van der Waals surface area contributed by atoms with Crippen LogP contribution in [0.1, 0.15) is 21.5 Å². The van der Waals surface area contributed by atoms with Crippen molar-refractivity contribution in [3.05, 3.63) is 33.8 Å². The Morgan fingerprint density at radius 2 is 1.71 bits per heavy atom. The highest BCUT2D eigenvalue weighted by Crippen LogP contribution is 2.22. The average Bonchev–Trinajstić information content (AvgIpc) is 2.01. The second-order valence-electron chi connectivity index (χ2n) is 3.08. The Bertz CT molecular complexity index is 351. The third kappa shape index (κ3) is 2.10. The molecular formula is C10H9ClF2O. The van der Waals surface area contributed by atoms with Gasteiger partial charge in [-0.15, -0.1) is 0 Å². The van der Waals surface area contributed by atoms with Crippen LogP contribution in [0, 0.1) is 13.8 Å². The second-order valence-corrected chi connectivity index (χ2v) is 3.52. The largest absolute Gasteiger partial charge is 0.300 e. The number of benzene rings is 1. The van der Waals surface area contributed by atoms with Gasteiger partial charge in [0.15, 0.2) is 0 Å². The van der Waals surface area contributed by atoms with Gasteiger partial charge in [-0.3, -0.25) is 4.79 Å². The van der Waals surface area contributed by atoms with Crippen LogP contribution >= 0.6 is 11.6 Å². The SMILES string of the molecule is Cc1cc(Cl)cc(C)c1C(=O)C(F)F. The minimum absolute atomic E-state index is 0.0735. The van der Waals surface area contributed by atoms with Crippen LogP contribution in [0.5, 0.6) is 0 Å². The van der Waals surface area contributed by atoms with E-state index in [0.717, 1.165) is 0 Å². The Kier molecular flexibility index (Phi) is 3.21. The Balaban J connectivity index is 3.28. The first kappa shape index (κ1) is 11.1. The van der Waals surface area contributed by atoms with E-state index in [-0.39, 0.29) is 5.56 Å². The molecule has 1 rings (SSSR count). The fourth-order valence-electron chi connectivity index (χ4n) is 1.41. The van der Waals surface area contributed by atoms with Crippen LogP contribution in [-0.2, 0) is 0 Å². The van der Waals surface area contributed by atoms with Gasteiger partial charge in [0.2, 0.25) is 5.78 Å². The molecule has 0 aliphatic carbocycles.